The van der Waals surface area contributed by atoms with Crippen molar-refractivity contribution in [2.24, 2.45) is 0 Å². The zero-order valence-electron chi connectivity index (χ0n) is 14.7. The number of rotatable bonds is 5. The SMILES string of the molecule is Cc1cn(-c2ccc(CNC(=O)c3ccc(N(C)C)cc3)cc2)cn1. The van der Waals surface area contributed by atoms with Crippen LogP contribution in [0.5, 0.6) is 0 Å². The molecule has 1 N–H and O–H groups in total. The Morgan fingerprint density at radius 1 is 1.08 bits per heavy atom. The number of anilines is 1. The number of nitrogens with zero attached hydrogens (tertiary/aromatic N) is 3. The number of nitrogens with one attached hydrogen (secondary N) is 1. The summed E-state index contributed by atoms with van der Waals surface area (Å²) >= 11 is 0. The Morgan fingerprint density at radius 2 is 1.76 bits per heavy atom. The quantitative estimate of drug-likeness (QED) is 0.780. The van der Waals surface area contributed by atoms with Crippen LogP contribution in [0.15, 0.2) is 61.1 Å². The van der Waals surface area contributed by atoms with Gasteiger partial charge >= 0.3 is 0 Å². The fourth-order valence-electron chi connectivity index (χ4n) is 2.54. The predicted molar refractivity (Wildman–Crippen MR) is 100 cm³/mol. The van der Waals surface area contributed by atoms with Gasteiger partial charge in [0, 0.05) is 43.8 Å². The van der Waals surface area contributed by atoms with Crippen LogP contribution in [-0.4, -0.2) is 29.6 Å². The number of benzene rings is 2. The van der Waals surface area contributed by atoms with Crippen LogP contribution in [0.25, 0.3) is 5.69 Å². The van der Waals surface area contributed by atoms with Crippen LogP contribution in [0.4, 0.5) is 5.69 Å². The molecule has 0 saturated carbocycles. The highest BCUT2D eigenvalue weighted by Gasteiger charge is 2.06. The normalized spacial score (nSPS) is 10.5. The lowest BCUT2D eigenvalue weighted by Gasteiger charge is -2.12. The molecular formula is C20H22N4O. The summed E-state index contributed by atoms with van der Waals surface area (Å²) in [6, 6.07) is 15.6. The molecule has 0 radical (unpaired) electrons. The lowest BCUT2D eigenvalue weighted by Crippen LogP contribution is -2.22. The molecule has 0 aliphatic carbocycles. The minimum atomic E-state index is -0.0698. The van der Waals surface area contributed by atoms with Gasteiger partial charge in [-0.15, -0.1) is 0 Å². The Labute approximate surface area is 147 Å². The maximum atomic E-state index is 12.3. The zero-order valence-corrected chi connectivity index (χ0v) is 14.7. The van der Waals surface area contributed by atoms with Gasteiger partial charge in [0.1, 0.15) is 0 Å². The van der Waals surface area contributed by atoms with Crippen molar-refractivity contribution in [2.45, 2.75) is 13.5 Å². The maximum absolute atomic E-state index is 12.3. The topological polar surface area (TPSA) is 50.2 Å². The summed E-state index contributed by atoms with van der Waals surface area (Å²) in [6.07, 6.45) is 3.78. The summed E-state index contributed by atoms with van der Waals surface area (Å²) in [4.78, 5) is 18.5. The highest BCUT2D eigenvalue weighted by atomic mass is 16.1. The molecule has 0 atom stereocenters. The van der Waals surface area contributed by atoms with Crippen LogP contribution in [0, 0.1) is 6.92 Å². The molecule has 5 heteroatoms. The number of amides is 1. The van der Waals surface area contributed by atoms with E-state index in [9.17, 15) is 4.79 Å². The van der Waals surface area contributed by atoms with E-state index in [2.05, 4.69) is 10.3 Å². The van der Waals surface area contributed by atoms with Crippen molar-refractivity contribution in [1.82, 2.24) is 14.9 Å². The van der Waals surface area contributed by atoms with Crippen molar-refractivity contribution in [2.75, 3.05) is 19.0 Å². The van der Waals surface area contributed by atoms with Crippen LogP contribution in [-0.2, 0) is 6.54 Å². The molecular weight excluding hydrogens is 312 g/mol. The minimum absolute atomic E-state index is 0.0698. The van der Waals surface area contributed by atoms with Gasteiger partial charge in [0.05, 0.1) is 12.0 Å². The lowest BCUT2D eigenvalue weighted by atomic mass is 10.1. The Bertz CT molecular complexity index is 848. The van der Waals surface area contributed by atoms with E-state index in [0.717, 1.165) is 22.6 Å². The average molecular weight is 334 g/mol. The van der Waals surface area contributed by atoms with Gasteiger partial charge in [-0.2, -0.15) is 0 Å². The van der Waals surface area contributed by atoms with Crippen molar-refractivity contribution in [3.8, 4) is 5.69 Å². The molecule has 2 aromatic carbocycles. The Balaban J connectivity index is 1.60. The Morgan fingerprint density at radius 3 is 2.32 bits per heavy atom. The van der Waals surface area contributed by atoms with E-state index in [1.54, 1.807) is 6.33 Å². The molecule has 25 heavy (non-hydrogen) atoms. The average Bonchev–Trinajstić information content (AvgIpc) is 3.06. The first kappa shape index (κ1) is 16.8. The monoisotopic (exact) mass is 334 g/mol. The highest BCUT2D eigenvalue weighted by Crippen LogP contribution is 2.13. The predicted octanol–water partition coefficient (Wildman–Crippen LogP) is 3.18. The van der Waals surface area contributed by atoms with Gasteiger partial charge in [-0.05, 0) is 48.9 Å². The number of imidazole rings is 1. The molecule has 1 amide bonds. The lowest BCUT2D eigenvalue weighted by molar-refractivity contribution is 0.0951. The van der Waals surface area contributed by atoms with Gasteiger partial charge in [0.25, 0.3) is 5.91 Å². The molecule has 0 bridgehead atoms. The van der Waals surface area contributed by atoms with Gasteiger partial charge in [-0.25, -0.2) is 4.98 Å². The highest BCUT2D eigenvalue weighted by molar-refractivity contribution is 5.94. The van der Waals surface area contributed by atoms with E-state index in [-0.39, 0.29) is 5.91 Å². The van der Waals surface area contributed by atoms with Crippen LogP contribution in [0.3, 0.4) is 0 Å². The summed E-state index contributed by atoms with van der Waals surface area (Å²) in [5.74, 6) is -0.0698. The third-order valence-corrected chi connectivity index (χ3v) is 4.05. The van der Waals surface area contributed by atoms with Crippen molar-refractivity contribution >= 4 is 11.6 Å². The first-order chi connectivity index (χ1) is 12.0. The number of carbonyl (C=O) groups excluding carboxylic acids is 1. The molecule has 0 unspecified atom stereocenters. The van der Waals surface area contributed by atoms with Crippen molar-refractivity contribution in [3.05, 3.63) is 77.9 Å². The molecule has 0 aliphatic heterocycles. The number of aromatic nitrogens is 2. The standard InChI is InChI=1S/C20H22N4O/c1-15-13-24(14-22-15)19-8-4-16(5-9-19)12-21-20(25)17-6-10-18(11-7-17)23(2)3/h4-11,13-14H,12H2,1-3H3,(H,21,25). The molecule has 5 nitrogen and oxygen atoms in total. The fraction of sp³-hybridized carbons (Fsp3) is 0.200. The summed E-state index contributed by atoms with van der Waals surface area (Å²) in [5, 5.41) is 2.96. The van der Waals surface area contributed by atoms with Crippen LogP contribution in [0.2, 0.25) is 0 Å². The fourth-order valence-corrected chi connectivity index (χ4v) is 2.54. The summed E-state index contributed by atoms with van der Waals surface area (Å²) in [6.45, 7) is 2.46. The first-order valence-electron chi connectivity index (χ1n) is 8.18. The summed E-state index contributed by atoms with van der Waals surface area (Å²) in [7, 11) is 3.95. The first-order valence-corrected chi connectivity index (χ1v) is 8.18. The largest absolute Gasteiger partial charge is 0.378 e. The second-order valence-corrected chi connectivity index (χ2v) is 6.21. The van der Waals surface area contributed by atoms with Crippen LogP contribution < -0.4 is 10.2 Å². The molecule has 1 heterocycles. The second kappa shape index (κ2) is 7.21. The zero-order chi connectivity index (χ0) is 17.8. The van der Waals surface area contributed by atoms with Crippen molar-refractivity contribution in [3.63, 3.8) is 0 Å². The van der Waals surface area contributed by atoms with E-state index in [1.807, 2.05) is 85.2 Å². The number of aryl methyl sites for hydroxylation is 1. The third-order valence-electron chi connectivity index (χ3n) is 4.05. The molecule has 0 aliphatic rings. The second-order valence-electron chi connectivity index (χ2n) is 6.21. The smallest absolute Gasteiger partial charge is 0.251 e. The van der Waals surface area contributed by atoms with E-state index < -0.39 is 0 Å². The molecule has 0 saturated heterocycles. The Hall–Kier alpha value is -3.08. The summed E-state index contributed by atoms with van der Waals surface area (Å²) < 4.78 is 1.98. The molecule has 128 valence electrons. The maximum Gasteiger partial charge on any atom is 0.251 e. The number of hydrogen-bond donors (Lipinski definition) is 1. The van der Waals surface area contributed by atoms with Gasteiger partial charge in [0.2, 0.25) is 0 Å². The van der Waals surface area contributed by atoms with Gasteiger partial charge < -0.3 is 14.8 Å². The molecule has 3 rings (SSSR count). The van der Waals surface area contributed by atoms with E-state index in [0.29, 0.717) is 12.1 Å². The third kappa shape index (κ3) is 4.07. The minimum Gasteiger partial charge on any atom is -0.378 e. The van der Waals surface area contributed by atoms with Gasteiger partial charge in [-0.3, -0.25) is 4.79 Å². The van der Waals surface area contributed by atoms with Crippen molar-refractivity contribution < 1.29 is 4.79 Å². The van der Waals surface area contributed by atoms with E-state index in [1.165, 1.54) is 0 Å². The Kier molecular flexibility index (Phi) is 4.84. The molecule has 3 aromatic rings. The van der Waals surface area contributed by atoms with Gasteiger partial charge in [0.15, 0.2) is 0 Å². The molecule has 1 aromatic heterocycles. The van der Waals surface area contributed by atoms with E-state index >= 15 is 0 Å². The van der Waals surface area contributed by atoms with Crippen LogP contribution >= 0.6 is 0 Å². The van der Waals surface area contributed by atoms with Crippen molar-refractivity contribution in [1.29, 1.82) is 0 Å². The van der Waals surface area contributed by atoms with Gasteiger partial charge in [-0.1, -0.05) is 12.1 Å². The number of carbonyl (C=O) groups is 1. The molecule has 0 spiro atoms. The summed E-state index contributed by atoms with van der Waals surface area (Å²) in [5.41, 5.74) is 4.82. The van der Waals surface area contributed by atoms with Crippen LogP contribution in [0.1, 0.15) is 21.6 Å². The van der Waals surface area contributed by atoms with E-state index in [4.69, 9.17) is 0 Å². The number of hydrogen-bond acceptors (Lipinski definition) is 3. The molecule has 0 fully saturated rings.